The predicted octanol–water partition coefficient (Wildman–Crippen LogP) is 3.19. The SMILES string of the molecule is CC(C)c1ccc(OCC(=O)N2CCCC(Oc3ncc(F)cn3)C2)cc1. The van der Waals surface area contributed by atoms with Gasteiger partial charge in [-0.2, -0.15) is 0 Å². The van der Waals surface area contributed by atoms with Crippen LogP contribution < -0.4 is 9.47 Å². The van der Waals surface area contributed by atoms with Crippen LogP contribution in [0.1, 0.15) is 38.2 Å². The summed E-state index contributed by atoms with van der Waals surface area (Å²) in [5.41, 5.74) is 1.23. The quantitative estimate of drug-likeness (QED) is 0.778. The van der Waals surface area contributed by atoms with Gasteiger partial charge in [-0.3, -0.25) is 4.79 Å². The summed E-state index contributed by atoms with van der Waals surface area (Å²) in [5.74, 6) is 0.533. The van der Waals surface area contributed by atoms with E-state index in [0.29, 0.717) is 24.8 Å². The van der Waals surface area contributed by atoms with E-state index in [-0.39, 0.29) is 24.6 Å². The lowest BCUT2D eigenvalue weighted by Gasteiger charge is -2.32. The summed E-state index contributed by atoms with van der Waals surface area (Å²) < 4.78 is 24.2. The molecule has 1 aliphatic rings. The highest BCUT2D eigenvalue weighted by molar-refractivity contribution is 5.77. The molecule has 1 saturated heterocycles. The zero-order chi connectivity index (χ0) is 19.2. The maximum absolute atomic E-state index is 12.9. The van der Waals surface area contributed by atoms with Gasteiger partial charge in [-0.25, -0.2) is 14.4 Å². The molecule has 0 spiro atoms. The lowest BCUT2D eigenvalue weighted by Crippen LogP contribution is -2.46. The first-order chi connectivity index (χ1) is 13.0. The number of hydrogen-bond acceptors (Lipinski definition) is 5. The molecule has 0 aliphatic carbocycles. The molecular formula is C20H24FN3O3. The van der Waals surface area contributed by atoms with Gasteiger partial charge in [0.2, 0.25) is 0 Å². The molecule has 2 aromatic rings. The Labute approximate surface area is 158 Å². The topological polar surface area (TPSA) is 64.5 Å². The van der Waals surface area contributed by atoms with Crippen molar-refractivity contribution < 1.29 is 18.7 Å². The van der Waals surface area contributed by atoms with Crippen LogP contribution in [-0.4, -0.2) is 46.6 Å². The molecule has 1 fully saturated rings. The van der Waals surface area contributed by atoms with Gasteiger partial charge in [0.1, 0.15) is 11.9 Å². The van der Waals surface area contributed by atoms with Crippen molar-refractivity contribution in [2.45, 2.75) is 38.7 Å². The molecular weight excluding hydrogens is 349 g/mol. The number of hydrogen-bond donors (Lipinski definition) is 0. The third-order valence-corrected chi connectivity index (χ3v) is 4.51. The molecule has 1 atom stereocenters. The Balaban J connectivity index is 1.49. The molecule has 1 aromatic carbocycles. The number of carbonyl (C=O) groups excluding carboxylic acids is 1. The van der Waals surface area contributed by atoms with Crippen LogP contribution in [0, 0.1) is 5.82 Å². The molecule has 0 N–H and O–H groups in total. The first-order valence-electron chi connectivity index (χ1n) is 9.16. The van der Waals surface area contributed by atoms with Gasteiger partial charge in [-0.05, 0) is 36.5 Å². The Hall–Kier alpha value is -2.70. The van der Waals surface area contributed by atoms with Crippen molar-refractivity contribution in [3.05, 3.63) is 48.0 Å². The number of carbonyl (C=O) groups is 1. The zero-order valence-electron chi connectivity index (χ0n) is 15.6. The normalized spacial score (nSPS) is 17.0. The minimum absolute atomic E-state index is 0.0131. The molecule has 144 valence electrons. The Bertz CT molecular complexity index is 750. The molecule has 7 heteroatoms. The number of ether oxygens (including phenoxy) is 2. The summed E-state index contributed by atoms with van der Waals surface area (Å²) in [4.78, 5) is 21.8. The van der Waals surface area contributed by atoms with E-state index in [2.05, 4.69) is 23.8 Å². The highest BCUT2D eigenvalue weighted by Gasteiger charge is 2.25. The zero-order valence-corrected chi connectivity index (χ0v) is 15.6. The summed E-state index contributed by atoms with van der Waals surface area (Å²) in [5, 5.41) is 0. The lowest BCUT2D eigenvalue weighted by atomic mass is 10.0. The molecule has 1 amide bonds. The largest absolute Gasteiger partial charge is 0.484 e. The Morgan fingerprint density at radius 2 is 1.96 bits per heavy atom. The molecule has 1 aromatic heterocycles. The van der Waals surface area contributed by atoms with Crippen LogP contribution >= 0.6 is 0 Å². The van der Waals surface area contributed by atoms with Crippen LogP contribution in [0.4, 0.5) is 4.39 Å². The minimum atomic E-state index is -0.513. The number of rotatable bonds is 6. The van der Waals surface area contributed by atoms with Crippen molar-refractivity contribution in [1.82, 2.24) is 14.9 Å². The average molecular weight is 373 g/mol. The second-order valence-corrected chi connectivity index (χ2v) is 6.92. The van der Waals surface area contributed by atoms with Gasteiger partial charge >= 0.3 is 6.01 Å². The highest BCUT2D eigenvalue weighted by atomic mass is 19.1. The molecule has 3 rings (SSSR count). The second-order valence-electron chi connectivity index (χ2n) is 6.92. The number of nitrogens with zero attached hydrogens (tertiary/aromatic N) is 3. The minimum Gasteiger partial charge on any atom is -0.484 e. The lowest BCUT2D eigenvalue weighted by molar-refractivity contribution is -0.136. The van der Waals surface area contributed by atoms with E-state index >= 15 is 0 Å². The smallest absolute Gasteiger partial charge is 0.316 e. The first kappa shape index (κ1) is 19.1. The van der Waals surface area contributed by atoms with E-state index in [9.17, 15) is 9.18 Å². The Morgan fingerprint density at radius 1 is 1.26 bits per heavy atom. The van der Waals surface area contributed by atoms with Crippen molar-refractivity contribution in [3.63, 3.8) is 0 Å². The third-order valence-electron chi connectivity index (χ3n) is 4.51. The van der Waals surface area contributed by atoms with Gasteiger partial charge < -0.3 is 14.4 Å². The fourth-order valence-corrected chi connectivity index (χ4v) is 2.96. The highest BCUT2D eigenvalue weighted by Crippen LogP contribution is 2.19. The van der Waals surface area contributed by atoms with E-state index in [0.717, 1.165) is 25.2 Å². The number of benzene rings is 1. The molecule has 1 unspecified atom stereocenters. The van der Waals surface area contributed by atoms with E-state index < -0.39 is 5.82 Å². The monoisotopic (exact) mass is 373 g/mol. The van der Waals surface area contributed by atoms with Crippen LogP contribution in [0.2, 0.25) is 0 Å². The van der Waals surface area contributed by atoms with Gasteiger partial charge in [0.05, 0.1) is 18.9 Å². The maximum Gasteiger partial charge on any atom is 0.316 e. The third kappa shape index (κ3) is 5.39. The van der Waals surface area contributed by atoms with Gasteiger partial charge in [-0.1, -0.05) is 26.0 Å². The van der Waals surface area contributed by atoms with Crippen molar-refractivity contribution in [3.8, 4) is 11.8 Å². The van der Waals surface area contributed by atoms with Crippen LogP contribution in [0.15, 0.2) is 36.7 Å². The number of amides is 1. The van der Waals surface area contributed by atoms with Crippen molar-refractivity contribution in [2.75, 3.05) is 19.7 Å². The van der Waals surface area contributed by atoms with Gasteiger partial charge in [0.15, 0.2) is 12.4 Å². The number of aromatic nitrogens is 2. The molecule has 1 aliphatic heterocycles. The molecule has 2 heterocycles. The van der Waals surface area contributed by atoms with Crippen LogP contribution in [-0.2, 0) is 4.79 Å². The summed E-state index contributed by atoms with van der Waals surface area (Å²) in [6.07, 6.45) is 3.53. The molecule has 0 saturated carbocycles. The van der Waals surface area contributed by atoms with E-state index in [1.165, 1.54) is 5.56 Å². The molecule has 27 heavy (non-hydrogen) atoms. The number of likely N-dealkylation sites (tertiary alicyclic amines) is 1. The van der Waals surface area contributed by atoms with Crippen LogP contribution in [0.3, 0.4) is 0 Å². The van der Waals surface area contributed by atoms with Gasteiger partial charge in [0, 0.05) is 6.54 Å². The number of halogens is 1. The van der Waals surface area contributed by atoms with Crippen LogP contribution in [0.25, 0.3) is 0 Å². The fraction of sp³-hybridized carbons (Fsp3) is 0.450. The van der Waals surface area contributed by atoms with Gasteiger partial charge in [0.25, 0.3) is 5.91 Å². The summed E-state index contributed by atoms with van der Waals surface area (Å²) in [6, 6.07) is 7.92. The number of piperidine rings is 1. The summed E-state index contributed by atoms with van der Waals surface area (Å²) in [6.45, 7) is 5.35. The molecule has 0 bridgehead atoms. The standard InChI is InChI=1S/C20H24FN3O3/c1-14(2)15-5-7-17(8-6-15)26-13-19(25)24-9-3-4-18(12-24)27-20-22-10-16(21)11-23-20/h5-8,10-11,14,18H,3-4,9,12-13H2,1-2H3. The van der Waals surface area contributed by atoms with Gasteiger partial charge in [-0.15, -0.1) is 0 Å². The summed E-state index contributed by atoms with van der Waals surface area (Å²) in [7, 11) is 0. The van der Waals surface area contributed by atoms with Crippen LogP contribution in [0.5, 0.6) is 11.8 Å². The van der Waals surface area contributed by atoms with E-state index in [1.54, 1.807) is 4.90 Å². The Morgan fingerprint density at radius 3 is 2.63 bits per heavy atom. The molecule has 0 radical (unpaired) electrons. The van der Waals surface area contributed by atoms with E-state index in [4.69, 9.17) is 9.47 Å². The van der Waals surface area contributed by atoms with Crippen molar-refractivity contribution in [1.29, 1.82) is 0 Å². The first-order valence-corrected chi connectivity index (χ1v) is 9.16. The summed E-state index contributed by atoms with van der Waals surface area (Å²) >= 11 is 0. The molecule has 6 nitrogen and oxygen atoms in total. The predicted molar refractivity (Wildman–Crippen MR) is 98.2 cm³/mol. The van der Waals surface area contributed by atoms with Crippen molar-refractivity contribution in [2.24, 2.45) is 0 Å². The average Bonchev–Trinajstić information content (AvgIpc) is 2.68. The Kier molecular flexibility index (Phi) is 6.21. The van der Waals surface area contributed by atoms with Crippen molar-refractivity contribution >= 4 is 5.91 Å². The van der Waals surface area contributed by atoms with E-state index in [1.807, 2.05) is 24.3 Å². The second kappa shape index (κ2) is 8.79. The fourth-order valence-electron chi connectivity index (χ4n) is 2.96. The maximum atomic E-state index is 12.9.